The van der Waals surface area contributed by atoms with E-state index in [0.29, 0.717) is 0 Å². The Morgan fingerprint density at radius 1 is 0.811 bits per heavy atom. The van der Waals surface area contributed by atoms with Crippen molar-refractivity contribution in [3.8, 4) is 0 Å². The van der Waals surface area contributed by atoms with E-state index in [9.17, 15) is 24.0 Å². The highest BCUT2D eigenvalue weighted by molar-refractivity contribution is 8.77. The predicted molar refractivity (Wildman–Crippen MR) is 145 cm³/mol. The van der Waals surface area contributed by atoms with Gasteiger partial charge < -0.3 is 30.2 Å². The van der Waals surface area contributed by atoms with Crippen LogP contribution in [0.5, 0.6) is 0 Å². The van der Waals surface area contributed by atoms with Crippen LogP contribution in [0.1, 0.15) is 75.2 Å². The van der Waals surface area contributed by atoms with Crippen LogP contribution in [-0.2, 0) is 33.4 Å². The van der Waals surface area contributed by atoms with Crippen LogP contribution in [-0.4, -0.2) is 77.3 Å². The first-order valence-corrected chi connectivity index (χ1v) is 14.2. The van der Waals surface area contributed by atoms with Gasteiger partial charge in [0.05, 0.1) is 7.11 Å². The Morgan fingerprint density at radius 2 is 1.38 bits per heavy atom. The number of rotatable bonds is 12. The quantitative estimate of drug-likeness (QED) is 0.183. The molecule has 2 atom stereocenters. The number of methoxy groups -OCH3 is 1. The molecule has 0 radical (unpaired) electrons. The van der Waals surface area contributed by atoms with Crippen molar-refractivity contribution in [1.82, 2.24) is 16.0 Å². The Bertz CT molecular complexity index is 801. The number of esters is 2. The first-order chi connectivity index (χ1) is 16.7. The summed E-state index contributed by atoms with van der Waals surface area (Å²) >= 11 is 0. The molecule has 214 valence electrons. The van der Waals surface area contributed by atoms with Crippen LogP contribution in [0.15, 0.2) is 0 Å². The number of hydrogen-bond donors (Lipinski definition) is 3. The van der Waals surface area contributed by atoms with E-state index in [-0.39, 0.29) is 29.9 Å². The Labute approximate surface area is 228 Å². The van der Waals surface area contributed by atoms with Crippen molar-refractivity contribution in [2.75, 3.05) is 19.4 Å². The minimum Gasteiger partial charge on any atom is -0.468 e. The monoisotopic (exact) mass is 565 g/mol. The molecule has 37 heavy (non-hydrogen) atoms. The van der Waals surface area contributed by atoms with Gasteiger partial charge in [0.2, 0.25) is 11.8 Å². The first kappa shape index (κ1) is 34.9. The van der Waals surface area contributed by atoms with Gasteiger partial charge in [-0.25, -0.2) is 9.59 Å². The van der Waals surface area contributed by atoms with Crippen LogP contribution in [0, 0.1) is 0 Å². The smallest absolute Gasteiger partial charge is 0.408 e. The van der Waals surface area contributed by atoms with Gasteiger partial charge in [-0.1, -0.05) is 42.4 Å². The maximum Gasteiger partial charge on any atom is 0.408 e. The van der Waals surface area contributed by atoms with Crippen LogP contribution in [0.4, 0.5) is 4.79 Å². The molecular formula is C24H43N3O8S2. The number of hydrogen-bond acceptors (Lipinski definition) is 10. The van der Waals surface area contributed by atoms with Crippen LogP contribution >= 0.6 is 21.6 Å². The minimum absolute atomic E-state index is 0.0737. The fourth-order valence-electron chi connectivity index (χ4n) is 2.43. The van der Waals surface area contributed by atoms with Crippen molar-refractivity contribution in [2.45, 2.75) is 103 Å². The second kappa shape index (κ2) is 15.3. The molecule has 0 saturated heterocycles. The Morgan fingerprint density at radius 3 is 1.86 bits per heavy atom. The van der Waals surface area contributed by atoms with Crippen molar-refractivity contribution in [3.63, 3.8) is 0 Å². The summed E-state index contributed by atoms with van der Waals surface area (Å²) < 4.78 is 15.1. The van der Waals surface area contributed by atoms with Crippen molar-refractivity contribution >= 4 is 51.4 Å². The predicted octanol–water partition coefficient (Wildman–Crippen LogP) is 2.96. The van der Waals surface area contributed by atoms with E-state index >= 15 is 0 Å². The van der Waals surface area contributed by atoms with E-state index in [0.717, 1.165) is 0 Å². The molecule has 0 aliphatic rings. The Hall–Kier alpha value is -2.15. The van der Waals surface area contributed by atoms with E-state index in [1.165, 1.54) is 17.9 Å². The lowest BCUT2D eigenvalue weighted by molar-refractivity contribution is -0.157. The maximum atomic E-state index is 12.7. The van der Waals surface area contributed by atoms with Gasteiger partial charge in [0.25, 0.3) is 0 Å². The normalized spacial score (nSPS) is 13.6. The lowest BCUT2D eigenvalue weighted by Crippen LogP contribution is -2.50. The average molecular weight is 566 g/mol. The Balaban J connectivity index is 5.34. The minimum atomic E-state index is -1.14. The molecule has 3 N–H and O–H groups in total. The number of carbonyl (C=O) groups excluding carboxylic acids is 5. The Kier molecular flexibility index (Phi) is 14.4. The van der Waals surface area contributed by atoms with Gasteiger partial charge in [0, 0.05) is 16.9 Å². The van der Waals surface area contributed by atoms with Crippen LogP contribution < -0.4 is 16.0 Å². The van der Waals surface area contributed by atoms with Gasteiger partial charge in [0.15, 0.2) is 0 Å². The van der Waals surface area contributed by atoms with E-state index < -0.39 is 53.1 Å². The highest BCUT2D eigenvalue weighted by Crippen LogP contribution is 2.35. The van der Waals surface area contributed by atoms with E-state index in [2.05, 4.69) is 20.7 Å². The topological polar surface area (TPSA) is 149 Å². The zero-order chi connectivity index (χ0) is 29.0. The van der Waals surface area contributed by atoms with E-state index in [1.807, 2.05) is 20.8 Å². The molecule has 0 spiro atoms. The summed E-state index contributed by atoms with van der Waals surface area (Å²) in [5, 5.41) is 7.55. The summed E-state index contributed by atoms with van der Waals surface area (Å²) in [5.41, 5.74) is -1.59. The molecule has 0 aromatic heterocycles. The van der Waals surface area contributed by atoms with E-state index in [1.54, 1.807) is 52.3 Å². The van der Waals surface area contributed by atoms with Gasteiger partial charge in [-0.3, -0.25) is 14.4 Å². The zero-order valence-corrected chi connectivity index (χ0v) is 25.2. The highest BCUT2D eigenvalue weighted by atomic mass is 33.1. The number of carbonyl (C=O) groups is 5. The molecular weight excluding hydrogens is 522 g/mol. The third-order valence-electron chi connectivity index (χ3n) is 3.87. The number of ether oxygens (including phenoxy) is 3. The summed E-state index contributed by atoms with van der Waals surface area (Å²) in [6.07, 6.45) is -1.09. The van der Waals surface area contributed by atoms with Crippen molar-refractivity contribution in [1.29, 1.82) is 0 Å². The third kappa shape index (κ3) is 18.7. The molecule has 3 amide bonds. The van der Waals surface area contributed by atoms with Gasteiger partial charge in [0.1, 0.15) is 29.8 Å². The number of alkyl carbamates (subject to hydrolysis) is 1. The summed E-state index contributed by atoms with van der Waals surface area (Å²) in [7, 11) is 4.15. The van der Waals surface area contributed by atoms with Gasteiger partial charge in [-0.2, -0.15) is 0 Å². The lowest BCUT2D eigenvalue weighted by Gasteiger charge is -2.26. The molecule has 11 nitrogen and oxygen atoms in total. The van der Waals surface area contributed by atoms with Crippen molar-refractivity contribution in [3.05, 3.63) is 0 Å². The zero-order valence-electron chi connectivity index (χ0n) is 23.6. The molecule has 0 bridgehead atoms. The van der Waals surface area contributed by atoms with Gasteiger partial charge >= 0.3 is 18.0 Å². The second-order valence-corrected chi connectivity index (χ2v) is 14.3. The fraction of sp³-hybridized carbons (Fsp3) is 0.792. The molecule has 0 unspecified atom stereocenters. The molecule has 0 heterocycles. The molecule has 0 aliphatic carbocycles. The molecule has 0 aromatic carbocycles. The highest BCUT2D eigenvalue weighted by Gasteiger charge is 2.30. The second-order valence-electron chi connectivity index (χ2n) is 11.2. The van der Waals surface area contributed by atoms with Crippen molar-refractivity contribution in [2.24, 2.45) is 0 Å². The summed E-state index contributed by atoms with van der Waals surface area (Å²) in [6.45, 7) is 15.8. The van der Waals surface area contributed by atoms with Crippen LogP contribution in [0.25, 0.3) is 0 Å². The van der Waals surface area contributed by atoms with Crippen LogP contribution in [0.2, 0.25) is 0 Å². The first-order valence-electron chi connectivity index (χ1n) is 11.9. The fourth-order valence-corrected chi connectivity index (χ4v) is 4.90. The van der Waals surface area contributed by atoms with E-state index in [4.69, 9.17) is 9.47 Å². The molecule has 0 aromatic rings. The molecule has 0 aliphatic heterocycles. The summed E-state index contributed by atoms with van der Waals surface area (Å²) in [6, 6.07) is -2.08. The molecule has 0 fully saturated rings. The summed E-state index contributed by atoms with van der Waals surface area (Å²) in [4.78, 5) is 61.7. The average Bonchev–Trinajstić information content (AvgIpc) is 2.70. The standard InChI is InChI=1S/C24H43N3O8S2/c1-22(2,3)34-20(31)15(27-21(32)35-23(4,5)6)11-12-17(28)26-16(14-36-37-24(7,8)9)19(30)25-13-18(29)33-10/h15-16H,11-14H2,1-10H3,(H,25,30)(H,26,28)(H,27,32)/t15-,16-/m0/s1. The largest absolute Gasteiger partial charge is 0.468 e. The maximum absolute atomic E-state index is 12.7. The lowest BCUT2D eigenvalue weighted by atomic mass is 10.1. The van der Waals surface area contributed by atoms with Gasteiger partial charge in [-0.15, -0.1) is 0 Å². The van der Waals surface area contributed by atoms with Crippen LogP contribution in [0.3, 0.4) is 0 Å². The van der Waals surface area contributed by atoms with Crippen molar-refractivity contribution < 1.29 is 38.2 Å². The number of amides is 3. The molecule has 0 rings (SSSR count). The summed E-state index contributed by atoms with van der Waals surface area (Å²) in [5.74, 6) is -2.15. The van der Waals surface area contributed by atoms with Gasteiger partial charge in [-0.05, 0) is 48.0 Å². The SMILES string of the molecule is COC(=O)CNC(=O)[C@H](CSSC(C)(C)C)NC(=O)CC[C@H](NC(=O)OC(C)(C)C)C(=O)OC(C)(C)C. The number of nitrogens with one attached hydrogen (secondary N) is 3. The molecule has 13 heteroatoms. The third-order valence-corrected chi connectivity index (χ3v) is 7.22. The molecule has 0 saturated carbocycles.